The smallest absolute Gasteiger partial charge is 0.195 e. The number of nitrogens with zero attached hydrogens (tertiary/aromatic N) is 2. The molecule has 0 aliphatic rings. The summed E-state index contributed by atoms with van der Waals surface area (Å²) in [4.78, 5) is 3.42. The zero-order valence-corrected chi connectivity index (χ0v) is 7.28. The lowest BCUT2D eigenvalue weighted by atomic mass is 10.2. The van der Waals surface area contributed by atoms with E-state index in [1.807, 2.05) is 35.7 Å². The summed E-state index contributed by atoms with van der Waals surface area (Å²) in [6, 6.07) is 5.70. The van der Waals surface area contributed by atoms with E-state index in [4.69, 9.17) is 12.3 Å². The summed E-state index contributed by atoms with van der Waals surface area (Å²) in [6.07, 6.45) is 1.89. The van der Waals surface area contributed by atoms with E-state index in [0.717, 1.165) is 11.1 Å². The highest BCUT2D eigenvalue weighted by molar-refractivity contribution is 5.70. The Morgan fingerprint density at radius 1 is 1.54 bits per heavy atom. The topological polar surface area (TPSA) is 34.8 Å². The van der Waals surface area contributed by atoms with E-state index in [9.17, 15) is 0 Å². The minimum absolute atomic E-state index is 0.628. The van der Waals surface area contributed by atoms with Gasteiger partial charge in [0.2, 0.25) is 0 Å². The second-order valence-electron chi connectivity index (χ2n) is 2.95. The summed E-state index contributed by atoms with van der Waals surface area (Å²) < 4.78 is 1.88. The predicted octanol–water partition coefficient (Wildman–Crippen LogP) is 2.38. The summed E-state index contributed by atoms with van der Waals surface area (Å²) in [5.74, 6) is 0.647. The molecular weight excluding hydrogens is 162 g/mol. The molecule has 2 aromatic rings. The van der Waals surface area contributed by atoms with Gasteiger partial charge < -0.3 is 10.1 Å². The van der Waals surface area contributed by atoms with Crippen LogP contribution in [0.2, 0.25) is 0 Å². The molecule has 0 aliphatic carbocycles. The zero-order valence-electron chi connectivity index (χ0n) is 7.28. The van der Waals surface area contributed by atoms with Gasteiger partial charge in [0.25, 0.3) is 0 Å². The Balaban J connectivity index is 2.94. The first-order chi connectivity index (χ1) is 6.24. The summed E-state index contributed by atoms with van der Waals surface area (Å²) in [5, 5.41) is 0. The minimum atomic E-state index is 0.628. The lowest BCUT2D eigenvalue weighted by Crippen LogP contribution is -1.98. The molecule has 0 aromatic carbocycles. The van der Waals surface area contributed by atoms with Gasteiger partial charge >= 0.3 is 0 Å². The van der Waals surface area contributed by atoms with Crippen molar-refractivity contribution in [2.45, 2.75) is 6.92 Å². The molecule has 0 atom stereocenters. The average molecular weight is 171 g/mol. The molecule has 0 unspecified atom stereocenters. The monoisotopic (exact) mass is 171 g/mol. The van der Waals surface area contributed by atoms with Crippen molar-refractivity contribution in [1.82, 2.24) is 4.40 Å². The number of hydrogen-bond donors (Lipinski definition) is 1. The molecule has 0 saturated heterocycles. The highest BCUT2D eigenvalue weighted by Crippen LogP contribution is 2.26. The summed E-state index contributed by atoms with van der Waals surface area (Å²) in [5.41, 5.74) is 8.30. The van der Waals surface area contributed by atoms with Gasteiger partial charge in [-0.15, -0.1) is 0 Å². The van der Waals surface area contributed by atoms with Crippen LogP contribution in [-0.2, 0) is 0 Å². The fourth-order valence-electron chi connectivity index (χ4n) is 1.41. The minimum Gasteiger partial charge on any atom is -0.386 e. The van der Waals surface area contributed by atoms with Crippen molar-refractivity contribution < 1.29 is 0 Å². The normalized spacial score (nSPS) is 10.2. The van der Waals surface area contributed by atoms with Crippen LogP contribution >= 0.6 is 0 Å². The molecule has 0 spiro atoms. The third kappa shape index (κ3) is 0.960. The number of rotatable bonds is 0. The number of fused-ring (bicyclic) bond motifs is 1. The first-order valence-electron chi connectivity index (χ1n) is 3.97. The Kier molecular flexibility index (Phi) is 1.49. The molecule has 3 nitrogen and oxygen atoms in total. The highest BCUT2D eigenvalue weighted by Gasteiger charge is 2.05. The molecule has 0 bridgehead atoms. The van der Waals surface area contributed by atoms with Crippen LogP contribution in [0.1, 0.15) is 5.56 Å². The molecule has 64 valence electrons. The number of nitrogens with two attached hydrogens (primary N) is 1. The van der Waals surface area contributed by atoms with Gasteiger partial charge in [-0.1, -0.05) is 0 Å². The standard InChI is InChI=1S/C10H9N3/c1-7-9(12-2)6-8-4-3-5-13(8)10(7)11/h3-6H,11H2,1H3. The summed E-state index contributed by atoms with van der Waals surface area (Å²) in [7, 11) is 0. The van der Waals surface area contributed by atoms with Crippen LogP contribution in [0.5, 0.6) is 0 Å². The second-order valence-corrected chi connectivity index (χ2v) is 2.95. The van der Waals surface area contributed by atoms with Gasteiger partial charge in [0, 0.05) is 11.7 Å². The highest BCUT2D eigenvalue weighted by atomic mass is 15.0. The van der Waals surface area contributed by atoms with E-state index >= 15 is 0 Å². The molecule has 13 heavy (non-hydrogen) atoms. The first-order valence-corrected chi connectivity index (χ1v) is 3.97. The van der Waals surface area contributed by atoms with Crippen LogP contribution in [0.15, 0.2) is 24.4 Å². The van der Waals surface area contributed by atoms with Crippen molar-refractivity contribution in [2.75, 3.05) is 5.73 Å². The molecule has 0 radical (unpaired) electrons. The number of pyridine rings is 1. The molecule has 0 fully saturated rings. The largest absolute Gasteiger partial charge is 0.386 e. The molecule has 2 rings (SSSR count). The SMILES string of the molecule is [C-]#[N+]c1cc2cccn2c(N)c1C. The Bertz CT molecular complexity index is 503. The third-order valence-corrected chi connectivity index (χ3v) is 2.21. The fourth-order valence-corrected chi connectivity index (χ4v) is 1.41. The summed E-state index contributed by atoms with van der Waals surface area (Å²) in [6.45, 7) is 8.83. The van der Waals surface area contributed by atoms with Crippen molar-refractivity contribution in [3.05, 3.63) is 41.4 Å². The van der Waals surface area contributed by atoms with E-state index in [1.54, 1.807) is 0 Å². The van der Waals surface area contributed by atoms with Crippen molar-refractivity contribution in [3.8, 4) is 0 Å². The van der Waals surface area contributed by atoms with Crippen molar-refractivity contribution in [2.24, 2.45) is 0 Å². The lowest BCUT2D eigenvalue weighted by Gasteiger charge is -2.06. The quantitative estimate of drug-likeness (QED) is 0.607. The van der Waals surface area contributed by atoms with Crippen LogP contribution in [0.4, 0.5) is 11.5 Å². The van der Waals surface area contributed by atoms with E-state index in [2.05, 4.69) is 4.85 Å². The van der Waals surface area contributed by atoms with Crippen LogP contribution in [0, 0.1) is 13.5 Å². The first kappa shape index (κ1) is 7.69. The molecule has 0 aliphatic heterocycles. The lowest BCUT2D eigenvalue weighted by molar-refractivity contribution is 1.19. The zero-order chi connectivity index (χ0) is 9.42. The molecule has 3 heteroatoms. The number of aromatic nitrogens is 1. The molecule has 2 N–H and O–H groups in total. The van der Waals surface area contributed by atoms with Gasteiger partial charge in [0.05, 0.1) is 12.4 Å². The Hall–Kier alpha value is -1.95. The number of anilines is 1. The maximum atomic E-state index is 6.97. The Labute approximate surface area is 76.2 Å². The summed E-state index contributed by atoms with van der Waals surface area (Å²) >= 11 is 0. The van der Waals surface area contributed by atoms with Gasteiger partial charge in [-0.05, 0) is 30.7 Å². The van der Waals surface area contributed by atoms with Crippen LogP contribution in [0.3, 0.4) is 0 Å². The van der Waals surface area contributed by atoms with E-state index < -0.39 is 0 Å². The van der Waals surface area contributed by atoms with Gasteiger partial charge in [0.15, 0.2) is 5.69 Å². The van der Waals surface area contributed by atoms with Gasteiger partial charge in [-0.2, -0.15) is 0 Å². The van der Waals surface area contributed by atoms with E-state index in [0.29, 0.717) is 11.5 Å². The molecule has 0 saturated carbocycles. The van der Waals surface area contributed by atoms with Gasteiger partial charge in [-0.3, -0.25) is 0 Å². The van der Waals surface area contributed by atoms with E-state index in [-0.39, 0.29) is 0 Å². The predicted molar refractivity (Wildman–Crippen MR) is 52.8 cm³/mol. The molecule has 2 heterocycles. The fraction of sp³-hybridized carbons (Fsp3) is 0.100. The second kappa shape index (κ2) is 2.53. The van der Waals surface area contributed by atoms with Gasteiger partial charge in [-0.25, -0.2) is 4.85 Å². The number of nitrogen functional groups attached to an aromatic ring is 1. The van der Waals surface area contributed by atoms with Gasteiger partial charge in [0.1, 0.15) is 0 Å². The maximum Gasteiger partial charge on any atom is 0.195 e. The number of hydrogen-bond acceptors (Lipinski definition) is 1. The Morgan fingerprint density at radius 3 is 3.00 bits per heavy atom. The average Bonchev–Trinajstić information content (AvgIpc) is 2.59. The van der Waals surface area contributed by atoms with Crippen molar-refractivity contribution in [3.63, 3.8) is 0 Å². The molecular formula is C10H9N3. The van der Waals surface area contributed by atoms with Crippen LogP contribution in [-0.4, -0.2) is 4.40 Å². The van der Waals surface area contributed by atoms with E-state index in [1.165, 1.54) is 0 Å². The van der Waals surface area contributed by atoms with Crippen molar-refractivity contribution in [1.29, 1.82) is 0 Å². The van der Waals surface area contributed by atoms with Crippen LogP contribution < -0.4 is 5.73 Å². The molecule has 0 amide bonds. The van der Waals surface area contributed by atoms with Crippen LogP contribution in [0.25, 0.3) is 10.4 Å². The van der Waals surface area contributed by atoms with Crippen molar-refractivity contribution >= 4 is 17.0 Å². The Morgan fingerprint density at radius 2 is 2.31 bits per heavy atom. The molecule has 2 aromatic heterocycles. The maximum absolute atomic E-state index is 6.97. The third-order valence-electron chi connectivity index (χ3n) is 2.21.